The van der Waals surface area contributed by atoms with Crippen molar-refractivity contribution in [3.63, 3.8) is 0 Å². The minimum Gasteiger partial charge on any atom is -0.486 e. The summed E-state index contributed by atoms with van der Waals surface area (Å²) in [7, 11) is 0. The van der Waals surface area contributed by atoms with Crippen LogP contribution in [0, 0.1) is 10.1 Å². The molecule has 2 aromatic carbocycles. The Morgan fingerprint density at radius 1 is 1.10 bits per heavy atom. The molecule has 0 aliphatic carbocycles. The molecule has 104 valence electrons. The fourth-order valence-corrected chi connectivity index (χ4v) is 1.92. The largest absolute Gasteiger partial charge is 0.486 e. The maximum absolute atomic E-state index is 10.6. The molecular weight excluding hydrogens is 256 g/mol. The smallest absolute Gasteiger partial charge is 0.269 e. The van der Waals surface area contributed by atoms with Crippen LogP contribution in [0.3, 0.4) is 0 Å². The molecule has 20 heavy (non-hydrogen) atoms. The Morgan fingerprint density at radius 2 is 1.75 bits per heavy atom. The van der Waals surface area contributed by atoms with Crippen LogP contribution in [0.1, 0.15) is 18.1 Å². The maximum Gasteiger partial charge on any atom is 0.269 e. The van der Waals surface area contributed by atoms with Crippen LogP contribution >= 0.6 is 0 Å². The second-order valence-corrected chi connectivity index (χ2v) is 4.35. The Bertz CT molecular complexity index is 555. The monoisotopic (exact) mass is 272 g/mol. The van der Waals surface area contributed by atoms with Gasteiger partial charge in [-0.1, -0.05) is 30.3 Å². The normalized spacial score (nSPS) is 11.8. The van der Waals surface area contributed by atoms with Gasteiger partial charge in [0.15, 0.2) is 0 Å². The van der Waals surface area contributed by atoms with Crippen molar-refractivity contribution in [3.05, 3.63) is 70.3 Å². The first-order valence-electron chi connectivity index (χ1n) is 6.37. The number of ether oxygens (including phenoxy) is 1. The molecule has 5 heteroatoms. The summed E-state index contributed by atoms with van der Waals surface area (Å²) in [6.45, 7) is 0.506. The minimum absolute atomic E-state index is 0.0486. The van der Waals surface area contributed by atoms with E-state index in [-0.39, 0.29) is 11.8 Å². The average Bonchev–Trinajstić information content (AvgIpc) is 2.48. The molecule has 0 aromatic heterocycles. The Morgan fingerprint density at radius 3 is 2.30 bits per heavy atom. The standard InChI is InChI=1S/C15H16N2O3/c16-11-10-15(12-4-2-1-3-5-12)20-14-8-6-13(7-9-14)17(18)19/h1-9,15H,10-11,16H2. The zero-order valence-corrected chi connectivity index (χ0v) is 10.9. The van der Waals surface area contributed by atoms with Gasteiger partial charge < -0.3 is 10.5 Å². The predicted octanol–water partition coefficient (Wildman–Crippen LogP) is 3.06. The summed E-state index contributed by atoms with van der Waals surface area (Å²) in [6, 6.07) is 15.8. The number of nitrogens with two attached hydrogens (primary N) is 1. The number of benzene rings is 2. The number of nitro groups is 1. The molecule has 0 spiro atoms. The van der Waals surface area contributed by atoms with Crippen molar-refractivity contribution in [2.75, 3.05) is 6.54 Å². The van der Waals surface area contributed by atoms with Crippen LogP contribution in [0.15, 0.2) is 54.6 Å². The van der Waals surface area contributed by atoms with Crippen molar-refractivity contribution in [1.29, 1.82) is 0 Å². The molecule has 0 amide bonds. The Labute approximate surface area is 117 Å². The van der Waals surface area contributed by atoms with E-state index in [2.05, 4.69) is 0 Å². The molecule has 1 unspecified atom stereocenters. The van der Waals surface area contributed by atoms with Crippen LogP contribution in [-0.2, 0) is 0 Å². The topological polar surface area (TPSA) is 78.4 Å². The molecule has 5 nitrogen and oxygen atoms in total. The van der Waals surface area contributed by atoms with Gasteiger partial charge in [-0.3, -0.25) is 10.1 Å². The van der Waals surface area contributed by atoms with Crippen molar-refractivity contribution in [2.45, 2.75) is 12.5 Å². The average molecular weight is 272 g/mol. The molecule has 2 N–H and O–H groups in total. The zero-order valence-electron chi connectivity index (χ0n) is 10.9. The van der Waals surface area contributed by atoms with Crippen molar-refractivity contribution in [2.24, 2.45) is 5.73 Å². The van der Waals surface area contributed by atoms with Gasteiger partial charge in [0.2, 0.25) is 0 Å². The van der Waals surface area contributed by atoms with Gasteiger partial charge in [0.05, 0.1) is 4.92 Å². The summed E-state index contributed by atoms with van der Waals surface area (Å²) in [6.07, 6.45) is 0.531. The third-order valence-electron chi connectivity index (χ3n) is 2.93. The highest BCUT2D eigenvalue weighted by molar-refractivity contribution is 5.36. The molecule has 0 saturated heterocycles. The van der Waals surface area contributed by atoms with E-state index < -0.39 is 4.92 Å². The van der Waals surface area contributed by atoms with Crippen molar-refractivity contribution < 1.29 is 9.66 Å². The minimum atomic E-state index is -0.432. The number of rotatable bonds is 6. The molecule has 0 aliphatic rings. The van der Waals surface area contributed by atoms with Gasteiger partial charge in [0, 0.05) is 18.6 Å². The highest BCUT2D eigenvalue weighted by Gasteiger charge is 2.13. The first-order valence-corrected chi connectivity index (χ1v) is 6.37. The number of nitro benzene ring substituents is 1. The number of hydrogen-bond donors (Lipinski definition) is 1. The van der Waals surface area contributed by atoms with E-state index in [0.717, 1.165) is 5.56 Å². The van der Waals surface area contributed by atoms with Gasteiger partial charge in [-0.15, -0.1) is 0 Å². The zero-order chi connectivity index (χ0) is 14.4. The summed E-state index contributed by atoms with van der Waals surface area (Å²) in [4.78, 5) is 10.2. The number of non-ortho nitro benzene ring substituents is 1. The first-order chi connectivity index (χ1) is 9.70. The molecule has 0 heterocycles. The van der Waals surface area contributed by atoms with Crippen molar-refractivity contribution in [1.82, 2.24) is 0 Å². The second kappa shape index (κ2) is 6.68. The SMILES string of the molecule is NCCC(Oc1ccc([N+](=O)[O-])cc1)c1ccccc1. The molecule has 0 aliphatic heterocycles. The van der Waals surface area contributed by atoms with Gasteiger partial charge in [-0.25, -0.2) is 0 Å². The molecule has 2 aromatic rings. The summed E-state index contributed by atoms with van der Waals surface area (Å²) in [5, 5.41) is 10.6. The van der Waals surface area contributed by atoms with Crippen LogP contribution in [-0.4, -0.2) is 11.5 Å². The fourth-order valence-electron chi connectivity index (χ4n) is 1.92. The van der Waals surface area contributed by atoms with E-state index in [1.807, 2.05) is 30.3 Å². The van der Waals surface area contributed by atoms with E-state index in [9.17, 15) is 10.1 Å². The lowest BCUT2D eigenvalue weighted by atomic mass is 10.1. The van der Waals surface area contributed by atoms with E-state index in [1.54, 1.807) is 12.1 Å². The molecule has 0 radical (unpaired) electrons. The van der Waals surface area contributed by atoms with Gasteiger partial charge in [-0.2, -0.15) is 0 Å². The van der Waals surface area contributed by atoms with Gasteiger partial charge in [-0.05, 0) is 24.2 Å². The molecule has 1 atom stereocenters. The lowest BCUT2D eigenvalue weighted by Gasteiger charge is -2.18. The maximum atomic E-state index is 10.6. The summed E-state index contributed by atoms with van der Waals surface area (Å²) < 4.78 is 5.87. The highest BCUT2D eigenvalue weighted by Crippen LogP contribution is 2.25. The van der Waals surface area contributed by atoms with Gasteiger partial charge in [0.1, 0.15) is 11.9 Å². The summed E-state index contributed by atoms with van der Waals surface area (Å²) in [5.41, 5.74) is 6.70. The third kappa shape index (κ3) is 3.55. The van der Waals surface area contributed by atoms with Crippen molar-refractivity contribution >= 4 is 5.69 Å². The molecule has 0 bridgehead atoms. The number of nitrogens with zero attached hydrogens (tertiary/aromatic N) is 1. The van der Waals surface area contributed by atoms with Gasteiger partial charge in [0.25, 0.3) is 5.69 Å². The van der Waals surface area contributed by atoms with Gasteiger partial charge >= 0.3 is 0 Å². The summed E-state index contributed by atoms with van der Waals surface area (Å²) >= 11 is 0. The van der Waals surface area contributed by atoms with E-state index in [1.165, 1.54) is 12.1 Å². The highest BCUT2D eigenvalue weighted by atomic mass is 16.6. The number of hydrogen-bond acceptors (Lipinski definition) is 4. The summed E-state index contributed by atoms with van der Waals surface area (Å²) in [5.74, 6) is 0.595. The molecular formula is C15H16N2O3. The van der Waals surface area contributed by atoms with Crippen molar-refractivity contribution in [3.8, 4) is 5.75 Å². The van der Waals surface area contributed by atoms with Crippen LogP contribution in [0.4, 0.5) is 5.69 Å². The van der Waals surface area contributed by atoms with Crippen LogP contribution in [0.5, 0.6) is 5.75 Å². The first kappa shape index (κ1) is 14.0. The second-order valence-electron chi connectivity index (χ2n) is 4.35. The Balaban J connectivity index is 2.14. The quantitative estimate of drug-likeness (QED) is 0.647. The Kier molecular flexibility index (Phi) is 4.68. The molecule has 0 fully saturated rings. The molecule has 0 saturated carbocycles. The van der Waals surface area contributed by atoms with Crippen LogP contribution in [0.2, 0.25) is 0 Å². The van der Waals surface area contributed by atoms with E-state index in [0.29, 0.717) is 18.7 Å². The van der Waals surface area contributed by atoms with E-state index in [4.69, 9.17) is 10.5 Å². The Hall–Kier alpha value is -2.40. The van der Waals surface area contributed by atoms with Crippen LogP contribution in [0.25, 0.3) is 0 Å². The lowest BCUT2D eigenvalue weighted by Crippen LogP contribution is -2.13. The third-order valence-corrected chi connectivity index (χ3v) is 2.93. The fraction of sp³-hybridized carbons (Fsp3) is 0.200. The molecule has 2 rings (SSSR count). The predicted molar refractivity (Wildman–Crippen MR) is 76.6 cm³/mol. The lowest BCUT2D eigenvalue weighted by molar-refractivity contribution is -0.384. The van der Waals surface area contributed by atoms with Crippen LogP contribution < -0.4 is 10.5 Å². The van der Waals surface area contributed by atoms with E-state index >= 15 is 0 Å².